The highest BCUT2D eigenvalue weighted by Crippen LogP contribution is 2.14. The van der Waals surface area contributed by atoms with Gasteiger partial charge in [0.05, 0.1) is 40.3 Å². The van der Waals surface area contributed by atoms with E-state index in [-0.39, 0.29) is 49.1 Å². The number of hydrogen-bond acceptors (Lipinski definition) is 7. The number of aliphatic carboxylic acids is 1. The number of esters is 2. The Morgan fingerprint density at radius 2 is 1.12 bits per heavy atom. The number of nitrogens with zero attached hydrogens (tertiary/aromatic N) is 1. The van der Waals surface area contributed by atoms with Crippen molar-refractivity contribution in [3.63, 3.8) is 0 Å². The highest BCUT2D eigenvalue weighted by molar-refractivity contribution is 5.70. The van der Waals surface area contributed by atoms with Gasteiger partial charge in [0, 0.05) is 19.3 Å². The lowest BCUT2D eigenvalue weighted by molar-refractivity contribution is -0.889. The van der Waals surface area contributed by atoms with E-state index in [1.807, 2.05) is 54.7 Å². The number of quaternary nitrogens is 1. The van der Waals surface area contributed by atoms with Gasteiger partial charge in [0.15, 0.2) is 6.10 Å². The molecule has 0 heterocycles. The largest absolute Gasteiger partial charge is 0.544 e. The summed E-state index contributed by atoms with van der Waals surface area (Å²) in [5, 5.41) is 11.6. The van der Waals surface area contributed by atoms with E-state index in [1.165, 1.54) is 64.2 Å². The van der Waals surface area contributed by atoms with E-state index in [1.54, 1.807) is 21.1 Å². The Bertz CT molecular complexity index is 1010. The normalized spacial score (nSPS) is 13.7. The van der Waals surface area contributed by atoms with Crippen LogP contribution in [0.4, 0.5) is 0 Å². The smallest absolute Gasteiger partial charge is 0.306 e. The number of allylic oxidation sites excluding steroid dienone is 10. The Morgan fingerprint density at radius 1 is 0.620 bits per heavy atom. The van der Waals surface area contributed by atoms with Gasteiger partial charge in [-0.15, -0.1) is 0 Å². The van der Waals surface area contributed by atoms with Gasteiger partial charge in [-0.3, -0.25) is 9.59 Å². The number of ether oxygens (including phenoxy) is 3. The van der Waals surface area contributed by atoms with Crippen LogP contribution in [0.1, 0.15) is 136 Å². The van der Waals surface area contributed by atoms with E-state index in [0.717, 1.165) is 32.1 Å². The first-order chi connectivity index (χ1) is 24.1. The van der Waals surface area contributed by atoms with Gasteiger partial charge in [-0.2, -0.15) is 0 Å². The number of carboxylic acids is 1. The second-order valence-corrected chi connectivity index (χ2v) is 13.9. The van der Waals surface area contributed by atoms with Gasteiger partial charge in [-0.05, 0) is 25.7 Å². The van der Waals surface area contributed by atoms with Gasteiger partial charge in [-0.1, -0.05) is 152 Å². The third-order valence-electron chi connectivity index (χ3n) is 8.30. The summed E-state index contributed by atoms with van der Waals surface area (Å²) in [5.74, 6) is -1.84. The second kappa shape index (κ2) is 33.2. The van der Waals surface area contributed by atoms with Gasteiger partial charge in [0.25, 0.3) is 0 Å². The van der Waals surface area contributed by atoms with Crippen LogP contribution in [0.15, 0.2) is 60.8 Å². The van der Waals surface area contributed by atoms with Crippen LogP contribution >= 0.6 is 0 Å². The van der Waals surface area contributed by atoms with E-state index in [0.29, 0.717) is 12.8 Å². The first kappa shape index (κ1) is 47.0. The van der Waals surface area contributed by atoms with Gasteiger partial charge < -0.3 is 28.6 Å². The molecule has 0 spiro atoms. The molecule has 0 radical (unpaired) electrons. The van der Waals surface area contributed by atoms with Crippen LogP contribution < -0.4 is 5.11 Å². The number of carbonyl (C=O) groups excluding carboxylic acids is 3. The van der Waals surface area contributed by atoms with Crippen LogP contribution in [-0.2, 0) is 28.6 Å². The van der Waals surface area contributed by atoms with Crippen LogP contribution in [0, 0.1) is 0 Å². The first-order valence-electron chi connectivity index (χ1n) is 19.4. The summed E-state index contributed by atoms with van der Waals surface area (Å²) in [6, 6.07) is -0.738. The molecule has 0 aliphatic rings. The fourth-order valence-corrected chi connectivity index (χ4v) is 5.28. The molecule has 286 valence electrons. The van der Waals surface area contributed by atoms with Crippen LogP contribution in [0.5, 0.6) is 0 Å². The molecule has 8 nitrogen and oxygen atoms in total. The SMILES string of the molecule is CC/C=C/C=C/C=C/C=C/C=C/CCCC(=O)OC(COCCC(C(=O)[O-])[N+](C)(C)C)COC(=O)CCCCCCCCCCCCCCC. The summed E-state index contributed by atoms with van der Waals surface area (Å²) in [5.41, 5.74) is 0. The van der Waals surface area contributed by atoms with E-state index in [4.69, 9.17) is 14.2 Å². The van der Waals surface area contributed by atoms with Crippen molar-refractivity contribution < 1.29 is 38.2 Å². The van der Waals surface area contributed by atoms with Crippen molar-refractivity contribution in [2.45, 2.75) is 148 Å². The number of carbonyl (C=O) groups is 3. The van der Waals surface area contributed by atoms with Crippen LogP contribution in [0.3, 0.4) is 0 Å². The van der Waals surface area contributed by atoms with E-state index < -0.39 is 18.1 Å². The van der Waals surface area contributed by atoms with Gasteiger partial charge in [0.2, 0.25) is 0 Å². The zero-order valence-electron chi connectivity index (χ0n) is 32.3. The van der Waals surface area contributed by atoms with Crippen LogP contribution in [-0.4, -0.2) is 75.5 Å². The van der Waals surface area contributed by atoms with E-state index in [2.05, 4.69) is 19.9 Å². The lowest BCUT2D eigenvalue weighted by Gasteiger charge is -2.34. The Morgan fingerprint density at radius 3 is 1.64 bits per heavy atom. The van der Waals surface area contributed by atoms with Crippen LogP contribution in [0.25, 0.3) is 0 Å². The van der Waals surface area contributed by atoms with Crippen molar-refractivity contribution in [2.75, 3.05) is 41.0 Å². The average molecular weight is 702 g/mol. The third kappa shape index (κ3) is 31.0. The number of rotatable bonds is 33. The summed E-state index contributed by atoms with van der Waals surface area (Å²) < 4.78 is 17.0. The van der Waals surface area contributed by atoms with Crippen LogP contribution in [0.2, 0.25) is 0 Å². The van der Waals surface area contributed by atoms with Crippen molar-refractivity contribution in [2.24, 2.45) is 0 Å². The number of carboxylic acid groups (broad SMARTS) is 1. The zero-order valence-corrected chi connectivity index (χ0v) is 32.3. The minimum absolute atomic E-state index is 0.0109. The minimum atomic E-state index is -1.14. The lowest BCUT2D eigenvalue weighted by Crippen LogP contribution is -2.55. The Balaban J connectivity index is 4.54. The first-order valence-corrected chi connectivity index (χ1v) is 19.4. The summed E-state index contributed by atoms with van der Waals surface area (Å²) >= 11 is 0. The molecule has 0 bridgehead atoms. The molecule has 0 fully saturated rings. The Kier molecular flexibility index (Phi) is 31.2. The van der Waals surface area contributed by atoms with Gasteiger partial charge in [-0.25, -0.2) is 0 Å². The molecule has 0 saturated carbocycles. The maximum atomic E-state index is 12.6. The highest BCUT2D eigenvalue weighted by Gasteiger charge is 2.25. The Hall–Kier alpha value is -2.97. The molecule has 0 amide bonds. The molecule has 8 heteroatoms. The fraction of sp³-hybridized carbons (Fsp3) is 0.690. The van der Waals surface area contributed by atoms with Crippen molar-refractivity contribution in [3.05, 3.63) is 60.8 Å². The number of unbranched alkanes of at least 4 members (excludes halogenated alkanes) is 13. The molecule has 50 heavy (non-hydrogen) atoms. The molecular weight excluding hydrogens is 630 g/mol. The van der Waals surface area contributed by atoms with Gasteiger partial charge in [0.1, 0.15) is 12.6 Å². The monoisotopic (exact) mass is 702 g/mol. The van der Waals surface area contributed by atoms with Crippen molar-refractivity contribution in [3.8, 4) is 0 Å². The molecule has 0 aliphatic carbocycles. The predicted octanol–water partition coefficient (Wildman–Crippen LogP) is 8.52. The quantitative estimate of drug-likeness (QED) is 0.0293. The average Bonchev–Trinajstić information content (AvgIpc) is 3.06. The topological polar surface area (TPSA) is 102 Å². The summed E-state index contributed by atoms with van der Waals surface area (Å²) in [7, 11) is 5.36. The molecule has 0 rings (SSSR count). The molecule has 0 aromatic heterocycles. The lowest BCUT2D eigenvalue weighted by atomic mass is 10.0. The molecule has 0 N–H and O–H groups in total. The van der Waals surface area contributed by atoms with Gasteiger partial charge >= 0.3 is 11.9 Å². The van der Waals surface area contributed by atoms with E-state index in [9.17, 15) is 19.5 Å². The fourth-order valence-electron chi connectivity index (χ4n) is 5.28. The van der Waals surface area contributed by atoms with Crippen molar-refractivity contribution in [1.82, 2.24) is 0 Å². The summed E-state index contributed by atoms with van der Waals surface area (Å²) in [6.07, 6.45) is 38.3. The number of likely N-dealkylation sites (N-methyl/N-ethyl adjacent to an activating group) is 1. The molecule has 0 aromatic carbocycles. The molecule has 0 aliphatic heterocycles. The standard InChI is InChI=1S/C42H71NO7/c1-6-8-10-12-14-16-18-20-22-24-26-28-30-32-40(44)49-37-38(36-48-35-34-39(42(46)47)43(3,4)5)50-41(45)33-31-29-27-25-23-21-19-17-15-13-11-9-7-2/h9,11,13,15,17,19,21,23,25,27,38-39H,6-8,10,12,14,16,18,20,22,24,26,28-37H2,1-5H3/b11-9+,15-13+,19-17+,23-21+,27-25+. The third-order valence-corrected chi connectivity index (χ3v) is 8.30. The maximum absolute atomic E-state index is 12.6. The second-order valence-electron chi connectivity index (χ2n) is 13.9. The van der Waals surface area contributed by atoms with Crippen molar-refractivity contribution >= 4 is 17.9 Å². The van der Waals surface area contributed by atoms with Crippen molar-refractivity contribution in [1.29, 1.82) is 0 Å². The Labute approximate surface area is 305 Å². The molecule has 0 aromatic rings. The minimum Gasteiger partial charge on any atom is -0.544 e. The maximum Gasteiger partial charge on any atom is 0.306 e. The zero-order chi connectivity index (χ0) is 37.1. The molecular formula is C42H71NO7. The summed E-state index contributed by atoms with van der Waals surface area (Å²) in [6.45, 7) is 4.41. The van der Waals surface area contributed by atoms with E-state index >= 15 is 0 Å². The molecule has 2 atom stereocenters. The summed E-state index contributed by atoms with van der Waals surface area (Å²) in [4.78, 5) is 36.6. The molecule has 0 saturated heterocycles. The number of hydrogen-bond donors (Lipinski definition) is 0. The highest BCUT2D eigenvalue weighted by atomic mass is 16.6. The molecule has 2 unspecified atom stereocenters. The predicted molar refractivity (Wildman–Crippen MR) is 203 cm³/mol.